The highest BCUT2D eigenvalue weighted by Gasteiger charge is 2.17. The lowest BCUT2D eigenvalue weighted by Gasteiger charge is -2.13. The quantitative estimate of drug-likeness (QED) is 0.543. The molecule has 0 saturated heterocycles. The third kappa shape index (κ3) is 4.70. The van der Waals surface area contributed by atoms with Gasteiger partial charge in [-0.3, -0.25) is 4.99 Å². The van der Waals surface area contributed by atoms with E-state index in [0.717, 1.165) is 34.6 Å². The average molecular weight is 375 g/mol. The van der Waals surface area contributed by atoms with Gasteiger partial charge >= 0.3 is 0 Å². The highest BCUT2D eigenvalue weighted by atomic mass is 32.2. The number of hydrogen-bond acceptors (Lipinski definition) is 3. The van der Waals surface area contributed by atoms with Crippen molar-refractivity contribution in [1.82, 2.24) is 0 Å². The fourth-order valence-electron chi connectivity index (χ4n) is 3.71. The summed E-state index contributed by atoms with van der Waals surface area (Å²) in [7, 11) is 0. The van der Waals surface area contributed by atoms with Crippen LogP contribution in [0, 0.1) is 17.2 Å². The van der Waals surface area contributed by atoms with Gasteiger partial charge in [0.15, 0.2) is 0 Å². The van der Waals surface area contributed by atoms with E-state index in [1.54, 1.807) is 11.8 Å². The van der Waals surface area contributed by atoms with Gasteiger partial charge in [0.25, 0.3) is 0 Å². The van der Waals surface area contributed by atoms with Gasteiger partial charge in [0.2, 0.25) is 0 Å². The van der Waals surface area contributed by atoms with Crippen molar-refractivity contribution < 1.29 is 0 Å². The molecule has 2 aromatic rings. The van der Waals surface area contributed by atoms with Gasteiger partial charge in [-0.05, 0) is 72.2 Å². The SMILES string of the molecule is C=N/C=C(\SCc1ccc(CC(C)C)c(C#N)c1)c1cccc2c1CCC2. The summed E-state index contributed by atoms with van der Waals surface area (Å²) in [6.07, 6.45) is 6.36. The Labute approximate surface area is 167 Å². The van der Waals surface area contributed by atoms with Crippen molar-refractivity contribution in [3.63, 3.8) is 0 Å². The number of nitrogens with zero attached hydrogens (tertiary/aromatic N) is 2. The summed E-state index contributed by atoms with van der Waals surface area (Å²) in [6, 6.07) is 15.3. The van der Waals surface area contributed by atoms with E-state index in [-0.39, 0.29) is 0 Å². The van der Waals surface area contributed by atoms with Crippen LogP contribution in [-0.4, -0.2) is 6.72 Å². The summed E-state index contributed by atoms with van der Waals surface area (Å²) in [5.41, 5.74) is 7.34. The number of thioether (sulfide) groups is 1. The summed E-state index contributed by atoms with van der Waals surface area (Å²) in [4.78, 5) is 5.21. The van der Waals surface area contributed by atoms with Crippen molar-refractivity contribution in [2.45, 2.75) is 45.3 Å². The summed E-state index contributed by atoms with van der Waals surface area (Å²) in [6.45, 7) is 8.02. The van der Waals surface area contributed by atoms with Crippen LogP contribution in [0.2, 0.25) is 0 Å². The molecule has 0 spiro atoms. The second kappa shape index (κ2) is 9.06. The Balaban J connectivity index is 1.80. The van der Waals surface area contributed by atoms with Crippen molar-refractivity contribution >= 4 is 23.4 Å². The molecule has 0 aromatic heterocycles. The molecule has 0 aliphatic heterocycles. The van der Waals surface area contributed by atoms with Crippen LogP contribution in [0.15, 0.2) is 47.6 Å². The van der Waals surface area contributed by atoms with E-state index in [1.165, 1.54) is 35.1 Å². The van der Waals surface area contributed by atoms with Crippen molar-refractivity contribution in [1.29, 1.82) is 5.26 Å². The largest absolute Gasteiger partial charge is 0.271 e. The molecule has 1 aliphatic carbocycles. The first-order valence-corrected chi connectivity index (χ1v) is 10.5. The van der Waals surface area contributed by atoms with Crippen LogP contribution >= 0.6 is 11.8 Å². The Bertz CT molecular complexity index is 903. The molecule has 138 valence electrons. The van der Waals surface area contributed by atoms with Crippen LogP contribution in [0.4, 0.5) is 0 Å². The molecular formula is C24H26N2S. The first-order valence-electron chi connectivity index (χ1n) is 9.54. The molecule has 0 bridgehead atoms. The first-order chi connectivity index (χ1) is 13.1. The summed E-state index contributed by atoms with van der Waals surface area (Å²) < 4.78 is 0. The zero-order valence-corrected chi connectivity index (χ0v) is 17.0. The zero-order valence-electron chi connectivity index (χ0n) is 16.2. The molecule has 2 nitrogen and oxygen atoms in total. The molecule has 0 unspecified atom stereocenters. The number of fused-ring (bicyclic) bond motifs is 1. The maximum atomic E-state index is 9.51. The van der Waals surface area contributed by atoms with E-state index < -0.39 is 0 Å². The normalized spacial score (nSPS) is 13.5. The Morgan fingerprint density at radius 1 is 1.30 bits per heavy atom. The number of aryl methyl sites for hydroxylation is 1. The Hall–Kier alpha value is -2.31. The zero-order chi connectivity index (χ0) is 19.2. The van der Waals surface area contributed by atoms with Gasteiger partial charge in [0.1, 0.15) is 0 Å². The van der Waals surface area contributed by atoms with E-state index in [4.69, 9.17) is 0 Å². The summed E-state index contributed by atoms with van der Waals surface area (Å²) >= 11 is 1.78. The number of hydrogen-bond donors (Lipinski definition) is 0. The van der Waals surface area contributed by atoms with Crippen LogP contribution < -0.4 is 0 Å². The number of nitriles is 1. The van der Waals surface area contributed by atoms with Gasteiger partial charge in [-0.2, -0.15) is 5.26 Å². The van der Waals surface area contributed by atoms with Gasteiger partial charge in [0, 0.05) is 16.9 Å². The van der Waals surface area contributed by atoms with Crippen LogP contribution in [0.5, 0.6) is 0 Å². The Kier molecular flexibility index (Phi) is 6.53. The van der Waals surface area contributed by atoms with Gasteiger partial charge in [0.05, 0.1) is 11.6 Å². The van der Waals surface area contributed by atoms with Crippen molar-refractivity contribution in [2.75, 3.05) is 0 Å². The monoisotopic (exact) mass is 374 g/mol. The molecule has 0 heterocycles. The highest BCUT2D eigenvalue weighted by Crippen LogP contribution is 2.37. The molecule has 3 heteroatoms. The predicted molar refractivity (Wildman–Crippen MR) is 117 cm³/mol. The Morgan fingerprint density at radius 2 is 2.15 bits per heavy atom. The van der Waals surface area contributed by atoms with Gasteiger partial charge in [-0.25, -0.2) is 0 Å². The Morgan fingerprint density at radius 3 is 2.89 bits per heavy atom. The predicted octanol–water partition coefficient (Wildman–Crippen LogP) is 6.18. The minimum atomic E-state index is 0.547. The van der Waals surface area contributed by atoms with E-state index in [0.29, 0.717) is 5.92 Å². The lowest BCUT2D eigenvalue weighted by molar-refractivity contribution is 0.646. The molecule has 0 saturated carbocycles. The molecule has 3 rings (SSSR count). The van der Waals surface area contributed by atoms with Gasteiger partial charge < -0.3 is 0 Å². The molecule has 1 aliphatic rings. The highest BCUT2D eigenvalue weighted by molar-refractivity contribution is 8.07. The summed E-state index contributed by atoms with van der Waals surface area (Å²) in [5.74, 6) is 1.37. The molecule has 27 heavy (non-hydrogen) atoms. The van der Waals surface area contributed by atoms with E-state index in [1.807, 2.05) is 12.3 Å². The number of aliphatic imine (C=N–C) groups is 1. The molecule has 2 aromatic carbocycles. The van der Waals surface area contributed by atoms with E-state index in [9.17, 15) is 5.26 Å². The van der Waals surface area contributed by atoms with Crippen molar-refractivity contribution in [2.24, 2.45) is 10.9 Å². The topological polar surface area (TPSA) is 36.1 Å². The fourth-order valence-corrected chi connectivity index (χ4v) is 4.71. The molecular weight excluding hydrogens is 348 g/mol. The van der Waals surface area contributed by atoms with Crippen LogP contribution in [0.1, 0.15) is 53.6 Å². The number of rotatable bonds is 7. The van der Waals surface area contributed by atoms with E-state index in [2.05, 4.69) is 62.0 Å². The molecule has 0 N–H and O–H groups in total. The van der Waals surface area contributed by atoms with E-state index >= 15 is 0 Å². The molecule has 0 atom stereocenters. The van der Waals surface area contributed by atoms with Gasteiger partial charge in [-0.1, -0.05) is 44.2 Å². The molecule has 0 fully saturated rings. The van der Waals surface area contributed by atoms with Gasteiger partial charge in [-0.15, -0.1) is 11.8 Å². The van der Waals surface area contributed by atoms with Crippen LogP contribution in [0.25, 0.3) is 4.91 Å². The standard InChI is InChI=1S/C24H26N2S/c1-17(2)12-20-11-10-18(13-21(20)14-25)16-27-24(15-26-3)23-9-5-7-19-6-4-8-22(19)23/h5,7,9-11,13,15,17H,3-4,6,8,12,16H2,1-2H3/b24-15-. The number of benzene rings is 2. The average Bonchev–Trinajstić information content (AvgIpc) is 3.14. The van der Waals surface area contributed by atoms with Crippen LogP contribution in [-0.2, 0) is 25.0 Å². The minimum absolute atomic E-state index is 0.547. The second-order valence-corrected chi connectivity index (χ2v) is 8.48. The fraction of sp³-hybridized carbons (Fsp3) is 0.333. The van der Waals surface area contributed by atoms with Crippen LogP contribution in [0.3, 0.4) is 0 Å². The molecule has 0 amide bonds. The minimum Gasteiger partial charge on any atom is -0.271 e. The first kappa shape index (κ1) is 19.5. The third-order valence-corrected chi connectivity index (χ3v) is 6.05. The smallest absolute Gasteiger partial charge is 0.0994 e. The lowest BCUT2D eigenvalue weighted by atomic mass is 9.97. The summed E-state index contributed by atoms with van der Waals surface area (Å²) in [5, 5.41) is 9.51. The maximum absolute atomic E-state index is 9.51. The second-order valence-electron chi connectivity index (χ2n) is 7.46. The van der Waals surface area contributed by atoms with Crippen molar-refractivity contribution in [3.05, 3.63) is 76.0 Å². The third-order valence-electron chi connectivity index (χ3n) is 4.94. The van der Waals surface area contributed by atoms with Crippen molar-refractivity contribution in [3.8, 4) is 6.07 Å². The molecule has 0 radical (unpaired) electrons. The maximum Gasteiger partial charge on any atom is 0.0994 e. The lowest BCUT2D eigenvalue weighted by Crippen LogP contribution is -1.98.